The minimum atomic E-state index is -3.05. The van der Waals surface area contributed by atoms with Crippen molar-refractivity contribution >= 4 is 15.7 Å². The summed E-state index contributed by atoms with van der Waals surface area (Å²) in [4.78, 5) is 2.50. The molecule has 0 bridgehead atoms. The number of sulfonamides is 1. The van der Waals surface area contributed by atoms with Gasteiger partial charge in [0.15, 0.2) is 0 Å². The van der Waals surface area contributed by atoms with Crippen LogP contribution in [0.4, 0.5) is 5.69 Å². The molecule has 1 atom stereocenters. The first-order valence-electron chi connectivity index (χ1n) is 9.52. The van der Waals surface area contributed by atoms with E-state index in [-0.39, 0.29) is 0 Å². The maximum atomic E-state index is 11.8. The third-order valence-corrected chi connectivity index (χ3v) is 6.76. The molecule has 2 aliphatic rings. The summed E-state index contributed by atoms with van der Waals surface area (Å²) in [5, 5.41) is 3.61. The Bertz CT molecular complexity index is 687. The molecule has 0 amide bonds. The van der Waals surface area contributed by atoms with Crippen LogP contribution >= 0.6 is 0 Å². The lowest BCUT2D eigenvalue weighted by Crippen LogP contribution is -2.46. The maximum Gasteiger partial charge on any atom is 0.211 e. The Kier molecular flexibility index (Phi) is 6.42. The highest BCUT2D eigenvalue weighted by atomic mass is 32.2. The summed E-state index contributed by atoms with van der Waals surface area (Å²) in [5.41, 5.74) is 1.11. The normalized spacial score (nSPS) is 23.7. The Hall–Kier alpha value is -1.31. The Morgan fingerprint density at radius 2 is 1.96 bits per heavy atom. The van der Waals surface area contributed by atoms with Gasteiger partial charge in [-0.15, -0.1) is 0 Å². The third kappa shape index (κ3) is 5.34. The molecule has 0 radical (unpaired) electrons. The molecule has 146 valence electrons. The summed E-state index contributed by atoms with van der Waals surface area (Å²) in [6, 6.07) is 8.56. The van der Waals surface area contributed by atoms with E-state index in [9.17, 15) is 8.42 Å². The van der Waals surface area contributed by atoms with E-state index in [1.54, 1.807) is 11.4 Å². The van der Waals surface area contributed by atoms with E-state index < -0.39 is 10.0 Å². The van der Waals surface area contributed by atoms with E-state index in [1.165, 1.54) is 6.26 Å². The van der Waals surface area contributed by atoms with Crippen LogP contribution in [0.2, 0.25) is 0 Å². The molecule has 6 nitrogen and oxygen atoms in total. The highest BCUT2D eigenvalue weighted by Crippen LogP contribution is 2.23. The zero-order chi connectivity index (χ0) is 18.6. The largest absolute Gasteiger partial charge is 0.497 e. The van der Waals surface area contributed by atoms with Gasteiger partial charge in [0.25, 0.3) is 0 Å². The van der Waals surface area contributed by atoms with E-state index in [0.717, 1.165) is 56.8 Å². The van der Waals surface area contributed by atoms with Crippen molar-refractivity contribution in [1.82, 2.24) is 9.21 Å². The molecule has 0 aromatic heterocycles. The van der Waals surface area contributed by atoms with Gasteiger partial charge in [0, 0.05) is 50.5 Å². The topological polar surface area (TPSA) is 61.9 Å². The fraction of sp³-hybridized carbons (Fsp3) is 0.684. The van der Waals surface area contributed by atoms with Crippen LogP contribution in [0.1, 0.15) is 25.7 Å². The predicted octanol–water partition coefficient (Wildman–Crippen LogP) is 2.24. The summed E-state index contributed by atoms with van der Waals surface area (Å²) < 4.78 is 30.5. The Morgan fingerprint density at radius 3 is 2.65 bits per heavy atom. The number of likely N-dealkylation sites (tertiary alicyclic amines) is 1. The van der Waals surface area contributed by atoms with Crippen molar-refractivity contribution in [3.8, 4) is 5.75 Å². The Morgan fingerprint density at radius 1 is 1.19 bits per heavy atom. The molecular weight excluding hydrogens is 350 g/mol. The monoisotopic (exact) mass is 381 g/mol. The summed E-state index contributed by atoms with van der Waals surface area (Å²) in [7, 11) is -1.37. The van der Waals surface area contributed by atoms with E-state index in [2.05, 4.69) is 16.3 Å². The number of ether oxygens (including phenoxy) is 1. The number of nitrogens with one attached hydrogen (secondary N) is 1. The zero-order valence-corrected chi connectivity index (χ0v) is 16.7. The van der Waals surface area contributed by atoms with Crippen molar-refractivity contribution in [2.75, 3.05) is 51.4 Å². The summed E-state index contributed by atoms with van der Waals surface area (Å²) in [6.07, 6.45) is 5.66. The van der Waals surface area contributed by atoms with Gasteiger partial charge in [-0.3, -0.25) is 0 Å². The third-order valence-electron chi connectivity index (χ3n) is 5.50. The molecule has 2 fully saturated rings. The van der Waals surface area contributed by atoms with E-state index in [4.69, 9.17) is 4.74 Å². The standard InChI is InChI=1S/C19H31N3O3S/c1-25-19-7-3-6-18(13-19)20-17-8-11-21(12-9-17)14-16-5-4-10-22(15-16)26(2,23)24/h3,6-7,13,16-17,20H,4-5,8-12,14-15H2,1-2H3/t16-/m1/s1. The van der Waals surface area contributed by atoms with Crippen molar-refractivity contribution in [2.24, 2.45) is 5.92 Å². The molecule has 0 aliphatic carbocycles. The Balaban J connectivity index is 1.45. The first-order chi connectivity index (χ1) is 12.4. The van der Waals surface area contributed by atoms with Gasteiger partial charge in [-0.1, -0.05) is 6.07 Å². The SMILES string of the molecule is COc1cccc(NC2CCN(C[C@H]3CCCN(S(C)(=O)=O)C3)CC2)c1. The maximum absolute atomic E-state index is 11.8. The first-order valence-corrected chi connectivity index (χ1v) is 11.4. The molecule has 0 unspecified atom stereocenters. The Labute approximate surface area is 157 Å². The van der Waals surface area contributed by atoms with Crippen LogP contribution < -0.4 is 10.1 Å². The van der Waals surface area contributed by atoms with Crippen molar-refractivity contribution in [1.29, 1.82) is 0 Å². The molecule has 0 spiro atoms. The van der Waals surface area contributed by atoms with Crippen molar-refractivity contribution in [3.63, 3.8) is 0 Å². The van der Waals surface area contributed by atoms with Crippen LogP contribution in [0, 0.1) is 5.92 Å². The number of rotatable bonds is 6. The quantitative estimate of drug-likeness (QED) is 0.819. The second-order valence-corrected chi connectivity index (χ2v) is 9.56. The number of hydrogen-bond acceptors (Lipinski definition) is 5. The van der Waals surface area contributed by atoms with E-state index in [0.29, 0.717) is 25.0 Å². The molecule has 1 N–H and O–H groups in total. The van der Waals surface area contributed by atoms with E-state index >= 15 is 0 Å². The van der Waals surface area contributed by atoms with E-state index in [1.807, 2.05) is 18.2 Å². The van der Waals surface area contributed by atoms with Gasteiger partial charge in [0.05, 0.1) is 13.4 Å². The average molecular weight is 382 g/mol. The molecular formula is C19H31N3O3S. The second-order valence-electron chi connectivity index (χ2n) is 7.58. The van der Waals surface area contributed by atoms with Gasteiger partial charge in [0.2, 0.25) is 10.0 Å². The van der Waals surface area contributed by atoms with Gasteiger partial charge >= 0.3 is 0 Å². The first kappa shape index (κ1) is 19.5. The van der Waals surface area contributed by atoms with Crippen molar-refractivity contribution in [3.05, 3.63) is 24.3 Å². The van der Waals surface area contributed by atoms with Gasteiger partial charge in [0.1, 0.15) is 5.75 Å². The predicted molar refractivity (Wildman–Crippen MR) is 105 cm³/mol. The summed E-state index contributed by atoms with van der Waals surface area (Å²) >= 11 is 0. The zero-order valence-electron chi connectivity index (χ0n) is 15.9. The van der Waals surface area contributed by atoms with Gasteiger partial charge in [-0.25, -0.2) is 12.7 Å². The van der Waals surface area contributed by atoms with Crippen LogP contribution in [0.25, 0.3) is 0 Å². The minimum Gasteiger partial charge on any atom is -0.497 e. The number of hydrogen-bond donors (Lipinski definition) is 1. The van der Waals surface area contributed by atoms with Crippen LogP contribution in [0.15, 0.2) is 24.3 Å². The molecule has 2 saturated heterocycles. The van der Waals surface area contributed by atoms with Gasteiger partial charge in [-0.2, -0.15) is 0 Å². The lowest BCUT2D eigenvalue weighted by atomic mass is 9.97. The fourth-order valence-electron chi connectivity index (χ4n) is 4.05. The smallest absolute Gasteiger partial charge is 0.211 e. The number of piperidine rings is 2. The van der Waals surface area contributed by atoms with Crippen LogP contribution in [-0.2, 0) is 10.0 Å². The molecule has 2 heterocycles. The van der Waals surface area contributed by atoms with Gasteiger partial charge in [-0.05, 0) is 43.7 Å². The highest BCUT2D eigenvalue weighted by molar-refractivity contribution is 7.88. The van der Waals surface area contributed by atoms with Crippen LogP contribution in [0.5, 0.6) is 5.75 Å². The molecule has 7 heteroatoms. The molecule has 26 heavy (non-hydrogen) atoms. The number of benzene rings is 1. The average Bonchev–Trinajstić information content (AvgIpc) is 2.63. The molecule has 2 aliphatic heterocycles. The van der Waals surface area contributed by atoms with Crippen molar-refractivity contribution < 1.29 is 13.2 Å². The summed E-state index contributed by atoms with van der Waals surface area (Å²) in [5.74, 6) is 1.33. The molecule has 0 saturated carbocycles. The molecule has 1 aromatic carbocycles. The second kappa shape index (κ2) is 8.59. The lowest BCUT2D eigenvalue weighted by Gasteiger charge is -2.37. The van der Waals surface area contributed by atoms with Gasteiger partial charge < -0.3 is 15.0 Å². The minimum absolute atomic E-state index is 0.460. The van der Waals surface area contributed by atoms with Crippen LogP contribution in [0.3, 0.4) is 0 Å². The van der Waals surface area contributed by atoms with Crippen LogP contribution in [-0.4, -0.2) is 69.8 Å². The molecule has 1 aromatic rings. The number of anilines is 1. The lowest BCUT2D eigenvalue weighted by molar-refractivity contribution is 0.154. The number of methoxy groups -OCH3 is 1. The summed E-state index contributed by atoms with van der Waals surface area (Å²) in [6.45, 7) is 4.51. The number of nitrogens with zero attached hydrogens (tertiary/aromatic N) is 2. The highest BCUT2D eigenvalue weighted by Gasteiger charge is 2.28. The molecule has 3 rings (SSSR count). The fourth-order valence-corrected chi connectivity index (χ4v) is 4.99. The van der Waals surface area contributed by atoms with Crippen molar-refractivity contribution in [2.45, 2.75) is 31.7 Å².